The van der Waals surface area contributed by atoms with Gasteiger partial charge in [0.05, 0.1) is 28.9 Å². The number of rotatable bonds is 10. The monoisotopic (exact) mass is 749 g/mol. The summed E-state index contributed by atoms with van der Waals surface area (Å²) >= 11 is 12.5. The Bertz CT molecular complexity index is 1970. The molecule has 0 aliphatic carbocycles. The molecule has 2 heterocycles. The number of halogens is 2. The van der Waals surface area contributed by atoms with Crippen LogP contribution in [0.2, 0.25) is 10.0 Å². The van der Waals surface area contributed by atoms with E-state index in [9.17, 15) is 26.4 Å². The Labute approximate surface area is 296 Å². The van der Waals surface area contributed by atoms with Gasteiger partial charge >= 0.3 is 6.03 Å². The highest BCUT2D eigenvalue weighted by molar-refractivity contribution is 7.90. The van der Waals surface area contributed by atoms with E-state index in [0.29, 0.717) is 21.2 Å². The van der Waals surface area contributed by atoms with E-state index in [4.69, 9.17) is 32.9 Å². The van der Waals surface area contributed by atoms with Gasteiger partial charge in [-0.3, -0.25) is 14.7 Å². The van der Waals surface area contributed by atoms with Crippen molar-refractivity contribution in [1.29, 1.82) is 0 Å². The number of urea groups is 1. The van der Waals surface area contributed by atoms with Crippen LogP contribution in [-0.2, 0) is 24.7 Å². The molecule has 0 bridgehead atoms. The number of piperazine rings is 1. The number of amidine groups is 1. The summed E-state index contributed by atoms with van der Waals surface area (Å²) in [5.41, 5.74) is 1.84. The lowest BCUT2D eigenvalue weighted by Crippen LogP contribution is -2.57. The molecule has 262 valence electrons. The third kappa shape index (κ3) is 8.04. The fraction of sp³-hybridized carbons (Fsp3) is 0.364. The number of ether oxygens (including phenoxy) is 1. The van der Waals surface area contributed by atoms with Crippen molar-refractivity contribution in [1.82, 2.24) is 19.0 Å². The average Bonchev–Trinajstić information content (AvgIpc) is 3.44. The van der Waals surface area contributed by atoms with Gasteiger partial charge in [-0.1, -0.05) is 47.5 Å². The third-order valence-electron chi connectivity index (χ3n) is 8.29. The van der Waals surface area contributed by atoms with E-state index in [1.54, 1.807) is 49.4 Å². The van der Waals surface area contributed by atoms with Gasteiger partial charge in [0, 0.05) is 56.1 Å². The van der Waals surface area contributed by atoms with Gasteiger partial charge in [-0.25, -0.2) is 25.9 Å². The molecule has 0 aromatic heterocycles. The summed E-state index contributed by atoms with van der Waals surface area (Å²) < 4.78 is 56.7. The lowest BCUT2D eigenvalue weighted by Gasteiger charge is -2.38. The Balaban J connectivity index is 1.64. The fourth-order valence-corrected chi connectivity index (χ4v) is 7.45. The number of aliphatic imine (C=N–C) groups is 1. The Hall–Kier alpha value is -3.69. The van der Waals surface area contributed by atoms with E-state index >= 15 is 0 Å². The van der Waals surface area contributed by atoms with Crippen molar-refractivity contribution in [3.05, 3.63) is 93.5 Å². The molecule has 2 aliphatic heterocycles. The topological polar surface area (TPSA) is 137 Å². The molecule has 2 unspecified atom stereocenters. The van der Waals surface area contributed by atoms with E-state index in [1.807, 2.05) is 12.1 Å². The number of carbonyl (C=O) groups is 2. The zero-order valence-corrected chi connectivity index (χ0v) is 30.6. The van der Waals surface area contributed by atoms with Gasteiger partial charge in [0.1, 0.15) is 34.0 Å². The van der Waals surface area contributed by atoms with Crippen molar-refractivity contribution in [2.75, 3.05) is 58.9 Å². The molecule has 1 saturated heterocycles. The van der Waals surface area contributed by atoms with Crippen LogP contribution in [0.15, 0.2) is 76.6 Å². The number of carbonyl (C=O) groups excluding carboxylic acids is 2. The van der Waals surface area contributed by atoms with E-state index < -0.39 is 38.0 Å². The fourth-order valence-electron chi connectivity index (χ4n) is 5.72. The number of benzene rings is 3. The predicted molar refractivity (Wildman–Crippen MR) is 189 cm³/mol. The molecule has 3 aromatic rings. The first kappa shape index (κ1) is 36.6. The summed E-state index contributed by atoms with van der Waals surface area (Å²) in [6.45, 7) is 2.01. The quantitative estimate of drug-likeness (QED) is 0.298. The van der Waals surface area contributed by atoms with Crippen LogP contribution in [0, 0.1) is 0 Å². The number of nitrogens with zero attached hydrogens (tertiary/aromatic N) is 5. The van der Waals surface area contributed by atoms with E-state index in [-0.39, 0.29) is 60.9 Å². The smallest absolute Gasteiger partial charge is 0.326 e. The molecule has 0 N–H and O–H groups in total. The second-order valence-corrected chi connectivity index (χ2v) is 17.2. The summed E-state index contributed by atoms with van der Waals surface area (Å²) in [7, 11) is -4.26. The first-order chi connectivity index (χ1) is 23.1. The SMILES string of the molecule is CCOc1cc(S(=O)(=O)N(C)C)ccc1C1=NC(c2ccc(Cl)cc2)C(c2ccc(Cl)cc2)N1C(=O)N1CCN(CCS(C)(=O)=O)C(=O)C1. The molecule has 5 rings (SSSR count). The maximum absolute atomic E-state index is 14.7. The van der Waals surface area contributed by atoms with Crippen LogP contribution in [-0.4, -0.2) is 113 Å². The third-order valence-corrected chi connectivity index (χ3v) is 11.5. The van der Waals surface area contributed by atoms with Gasteiger partial charge in [-0.15, -0.1) is 0 Å². The summed E-state index contributed by atoms with van der Waals surface area (Å²) in [6, 6.07) is 16.7. The Morgan fingerprint density at radius 1 is 0.939 bits per heavy atom. The molecular formula is C33H37Cl2N5O7S2. The number of amides is 3. The Morgan fingerprint density at radius 2 is 1.55 bits per heavy atom. The van der Waals surface area contributed by atoms with Gasteiger partial charge in [0.15, 0.2) is 0 Å². The van der Waals surface area contributed by atoms with Crippen LogP contribution in [0.25, 0.3) is 0 Å². The van der Waals surface area contributed by atoms with E-state index in [2.05, 4.69) is 0 Å². The summed E-state index contributed by atoms with van der Waals surface area (Å²) in [6.07, 6.45) is 1.11. The number of hydrogen-bond acceptors (Lipinski definition) is 8. The predicted octanol–water partition coefficient (Wildman–Crippen LogP) is 4.50. The molecule has 2 atom stereocenters. The molecule has 0 saturated carbocycles. The zero-order chi connectivity index (χ0) is 35.7. The van der Waals surface area contributed by atoms with Crippen LogP contribution in [0.1, 0.15) is 35.7 Å². The minimum absolute atomic E-state index is 0.000452. The highest BCUT2D eigenvalue weighted by Crippen LogP contribution is 2.45. The second kappa shape index (κ2) is 14.7. The van der Waals surface area contributed by atoms with Gasteiger partial charge < -0.3 is 14.5 Å². The molecule has 0 spiro atoms. The highest BCUT2D eigenvalue weighted by atomic mass is 35.5. The number of hydrogen-bond donors (Lipinski definition) is 0. The largest absolute Gasteiger partial charge is 0.493 e. The van der Waals surface area contributed by atoms with E-state index in [0.717, 1.165) is 16.1 Å². The summed E-state index contributed by atoms with van der Waals surface area (Å²) in [5, 5.41) is 1.02. The maximum atomic E-state index is 14.7. The van der Waals surface area contributed by atoms with Crippen LogP contribution < -0.4 is 4.74 Å². The zero-order valence-electron chi connectivity index (χ0n) is 27.4. The molecule has 12 nitrogen and oxygen atoms in total. The van der Waals surface area contributed by atoms with Gasteiger partial charge in [-0.05, 0) is 54.4 Å². The number of sulfonamides is 1. The molecule has 3 aromatic carbocycles. The molecule has 3 amide bonds. The Morgan fingerprint density at radius 3 is 2.10 bits per heavy atom. The van der Waals surface area contributed by atoms with Crippen LogP contribution in [0.4, 0.5) is 4.79 Å². The van der Waals surface area contributed by atoms with E-state index in [1.165, 1.54) is 40.9 Å². The molecule has 16 heteroatoms. The standard InChI is InChI=1S/C33H37Cl2N5O7S2/c1-5-47-28-20-26(49(45,46)37(2)3)14-15-27(28)32-36-30(22-6-10-24(34)11-7-22)31(23-8-12-25(35)13-9-23)40(32)33(42)39-17-16-38(29(41)21-39)18-19-48(4,43)44/h6-15,20,30-31H,5,16-19,21H2,1-4H3. The summed E-state index contributed by atoms with van der Waals surface area (Å²) in [5.74, 6) is -0.146. The average molecular weight is 751 g/mol. The molecular weight excluding hydrogens is 713 g/mol. The normalized spacial score (nSPS) is 18.6. The second-order valence-electron chi connectivity index (χ2n) is 11.9. The van der Waals surface area contributed by atoms with Crippen LogP contribution >= 0.6 is 23.2 Å². The first-order valence-corrected chi connectivity index (χ1v) is 19.7. The Kier molecular flexibility index (Phi) is 10.9. The van der Waals surface area contributed by atoms with Gasteiger partial charge in [-0.2, -0.15) is 0 Å². The first-order valence-electron chi connectivity index (χ1n) is 15.4. The van der Waals surface area contributed by atoms with Gasteiger partial charge in [0.2, 0.25) is 15.9 Å². The van der Waals surface area contributed by atoms with Crippen LogP contribution in [0.3, 0.4) is 0 Å². The van der Waals surface area contributed by atoms with Crippen molar-refractivity contribution < 1.29 is 31.2 Å². The van der Waals surface area contributed by atoms with Crippen molar-refractivity contribution in [3.63, 3.8) is 0 Å². The highest BCUT2D eigenvalue weighted by Gasteiger charge is 2.45. The lowest BCUT2D eigenvalue weighted by atomic mass is 9.93. The molecule has 49 heavy (non-hydrogen) atoms. The van der Waals surface area contributed by atoms with Crippen molar-refractivity contribution >= 4 is 60.8 Å². The summed E-state index contributed by atoms with van der Waals surface area (Å²) in [4.78, 5) is 37.4. The van der Waals surface area contributed by atoms with Gasteiger partial charge in [0.25, 0.3) is 0 Å². The minimum atomic E-state index is -3.83. The molecule has 0 radical (unpaired) electrons. The van der Waals surface area contributed by atoms with Crippen LogP contribution in [0.5, 0.6) is 5.75 Å². The van der Waals surface area contributed by atoms with Crippen molar-refractivity contribution in [3.8, 4) is 5.75 Å². The number of sulfone groups is 1. The minimum Gasteiger partial charge on any atom is -0.493 e. The molecule has 2 aliphatic rings. The lowest BCUT2D eigenvalue weighted by molar-refractivity contribution is -0.134. The van der Waals surface area contributed by atoms with Crippen molar-refractivity contribution in [2.45, 2.75) is 23.9 Å². The van der Waals surface area contributed by atoms with Crippen molar-refractivity contribution in [2.24, 2.45) is 4.99 Å². The maximum Gasteiger partial charge on any atom is 0.326 e. The molecule has 1 fully saturated rings.